The predicted octanol–water partition coefficient (Wildman–Crippen LogP) is 3.05. The van der Waals surface area contributed by atoms with Crippen LogP contribution < -0.4 is 4.74 Å². The lowest BCUT2D eigenvalue weighted by Crippen LogP contribution is -2.50. The number of fused-ring (bicyclic) bond motifs is 1. The first-order chi connectivity index (χ1) is 13.6. The average Bonchev–Trinajstić information content (AvgIpc) is 3.16. The van der Waals surface area contributed by atoms with Crippen molar-refractivity contribution >= 4 is 22.7 Å². The van der Waals surface area contributed by atoms with Gasteiger partial charge in [0.2, 0.25) is 5.91 Å². The van der Waals surface area contributed by atoms with Crippen LogP contribution >= 0.6 is 0 Å². The second-order valence-corrected chi connectivity index (χ2v) is 7.00. The maximum atomic E-state index is 12.8. The Morgan fingerprint density at radius 3 is 2.39 bits per heavy atom. The molecule has 1 aliphatic heterocycles. The number of aromatic amines is 1. The molecule has 0 atom stereocenters. The van der Waals surface area contributed by atoms with Gasteiger partial charge in [0.05, 0.1) is 0 Å². The van der Waals surface area contributed by atoms with Gasteiger partial charge in [0, 0.05) is 50.1 Å². The highest BCUT2D eigenvalue weighted by atomic mass is 16.5. The van der Waals surface area contributed by atoms with E-state index in [-0.39, 0.29) is 11.8 Å². The van der Waals surface area contributed by atoms with E-state index in [0.717, 1.165) is 22.2 Å². The number of rotatable bonds is 4. The number of aromatic nitrogens is 1. The van der Waals surface area contributed by atoms with Crippen LogP contribution in [0.4, 0.5) is 0 Å². The van der Waals surface area contributed by atoms with Crippen molar-refractivity contribution < 1.29 is 14.3 Å². The van der Waals surface area contributed by atoms with Gasteiger partial charge in [0.25, 0.3) is 5.91 Å². The number of nitrogens with zero attached hydrogens (tertiary/aromatic N) is 2. The Kier molecular flexibility index (Phi) is 5.02. The summed E-state index contributed by atoms with van der Waals surface area (Å²) in [5.74, 6) is 0.777. The van der Waals surface area contributed by atoms with E-state index >= 15 is 0 Å². The Bertz CT molecular complexity index is 989. The van der Waals surface area contributed by atoms with E-state index in [1.807, 2.05) is 54.6 Å². The van der Waals surface area contributed by atoms with Crippen molar-refractivity contribution in [2.75, 3.05) is 26.2 Å². The summed E-state index contributed by atoms with van der Waals surface area (Å²) in [6.45, 7) is 4.34. The molecule has 1 N–H and O–H groups in total. The van der Waals surface area contributed by atoms with Crippen molar-refractivity contribution in [3.8, 4) is 5.75 Å². The Morgan fingerprint density at radius 2 is 1.68 bits per heavy atom. The third-order valence-corrected chi connectivity index (χ3v) is 5.08. The van der Waals surface area contributed by atoms with Crippen molar-refractivity contribution in [3.63, 3.8) is 0 Å². The summed E-state index contributed by atoms with van der Waals surface area (Å²) >= 11 is 0. The largest absolute Gasteiger partial charge is 0.489 e. The molecule has 0 radical (unpaired) electrons. The molecule has 0 unspecified atom stereocenters. The number of hydrogen-bond acceptors (Lipinski definition) is 3. The minimum Gasteiger partial charge on any atom is -0.489 e. The number of nitrogens with one attached hydrogen (secondary N) is 1. The minimum absolute atomic E-state index is 0.0360. The van der Waals surface area contributed by atoms with E-state index in [1.54, 1.807) is 16.7 Å². The van der Waals surface area contributed by atoms with E-state index in [2.05, 4.69) is 4.98 Å². The first-order valence-electron chi connectivity index (χ1n) is 9.44. The van der Waals surface area contributed by atoms with E-state index in [4.69, 9.17) is 4.74 Å². The molecule has 6 nitrogen and oxygen atoms in total. The smallest absolute Gasteiger partial charge is 0.270 e. The van der Waals surface area contributed by atoms with Crippen molar-refractivity contribution in [1.82, 2.24) is 14.8 Å². The highest BCUT2D eigenvalue weighted by Crippen LogP contribution is 2.23. The fraction of sp³-hybridized carbons (Fsp3) is 0.273. The maximum Gasteiger partial charge on any atom is 0.270 e. The summed E-state index contributed by atoms with van der Waals surface area (Å²) < 4.78 is 5.87. The molecule has 0 saturated carbocycles. The van der Waals surface area contributed by atoms with Gasteiger partial charge in [-0.05, 0) is 23.8 Å². The van der Waals surface area contributed by atoms with Crippen LogP contribution in [0.25, 0.3) is 10.9 Å². The molecule has 1 fully saturated rings. The molecular weight excluding hydrogens is 354 g/mol. The second kappa shape index (κ2) is 7.76. The number of amides is 2. The van der Waals surface area contributed by atoms with Crippen LogP contribution in [-0.2, 0) is 11.4 Å². The number of ether oxygens (including phenoxy) is 1. The Morgan fingerprint density at radius 1 is 0.964 bits per heavy atom. The van der Waals surface area contributed by atoms with Gasteiger partial charge < -0.3 is 19.5 Å². The van der Waals surface area contributed by atoms with Gasteiger partial charge >= 0.3 is 0 Å². The molecule has 4 rings (SSSR count). The van der Waals surface area contributed by atoms with Crippen molar-refractivity contribution in [3.05, 3.63) is 65.9 Å². The lowest BCUT2D eigenvalue weighted by atomic mass is 10.2. The molecule has 2 amide bonds. The molecular formula is C22H23N3O3. The summed E-state index contributed by atoms with van der Waals surface area (Å²) in [4.78, 5) is 31.0. The standard InChI is InChI=1S/C22H23N3O3/c1-16(26)24-9-11-25(12-10-24)22(27)21-13-18-7-8-19(14-20(18)23-21)28-15-17-5-3-2-4-6-17/h2-8,13-14,23H,9-12,15H2,1H3. The van der Waals surface area contributed by atoms with Crippen LogP contribution in [0.15, 0.2) is 54.6 Å². The summed E-state index contributed by atoms with van der Waals surface area (Å²) in [5, 5.41) is 0.970. The van der Waals surface area contributed by atoms with Crippen molar-refractivity contribution in [1.29, 1.82) is 0 Å². The zero-order chi connectivity index (χ0) is 19.5. The number of carbonyl (C=O) groups excluding carboxylic acids is 2. The molecule has 144 valence electrons. The highest BCUT2D eigenvalue weighted by molar-refractivity contribution is 5.98. The molecule has 6 heteroatoms. The fourth-order valence-electron chi connectivity index (χ4n) is 3.45. The molecule has 3 aromatic rings. The van der Waals surface area contributed by atoms with E-state index in [9.17, 15) is 9.59 Å². The van der Waals surface area contributed by atoms with Crippen LogP contribution in [0.3, 0.4) is 0 Å². The molecule has 28 heavy (non-hydrogen) atoms. The van der Waals surface area contributed by atoms with E-state index in [0.29, 0.717) is 38.5 Å². The predicted molar refractivity (Wildman–Crippen MR) is 107 cm³/mol. The number of hydrogen-bond donors (Lipinski definition) is 1. The third-order valence-electron chi connectivity index (χ3n) is 5.08. The van der Waals surface area contributed by atoms with Crippen molar-refractivity contribution in [2.45, 2.75) is 13.5 Å². The first kappa shape index (κ1) is 18.1. The van der Waals surface area contributed by atoms with Crippen LogP contribution in [0.1, 0.15) is 23.0 Å². The lowest BCUT2D eigenvalue weighted by molar-refractivity contribution is -0.130. The number of benzene rings is 2. The number of carbonyl (C=O) groups is 2. The summed E-state index contributed by atoms with van der Waals surface area (Å²) in [6.07, 6.45) is 0. The Hall–Kier alpha value is -3.28. The zero-order valence-electron chi connectivity index (χ0n) is 15.9. The zero-order valence-corrected chi connectivity index (χ0v) is 15.9. The van der Waals surface area contributed by atoms with E-state index in [1.165, 1.54) is 0 Å². The minimum atomic E-state index is -0.0360. The summed E-state index contributed by atoms with van der Waals surface area (Å²) in [6, 6.07) is 17.7. The van der Waals surface area contributed by atoms with Gasteiger partial charge in [0.1, 0.15) is 18.1 Å². The van der Waals surface area contributed by atoms with Gasteiger partial charge in [-0.25, -0.2) is 0 Å². The molecule has 0 aliphatic carbocycles. The quantitative estimate of drug-likeness (QED) is 0.760. The number of piperazine rings is 1. The number of H-pyrrole nitrogens is 1. The molecule has 2 aromatic carbocycles. The summed E-state index contributed by atoms with van der Waals surface area (Å²) in [7, 11) is 0. The monoisotopic (exact) mass is 377 g/mol. The van der Waals surface area contributed by atoms with Crippen LogP contribution in [-0.4, -0.2) is 52.8 Å². The van der Waals surface area contributed by atoms with Gasteiger partial charge in [-0.3, -0.25) is 9.59 Å². The highest BCUT2D eigenvalue weighted by Gasteiger charge is 2.24. The van der Waals surface area contributed by atoms with Crippen LogP contribution in [0.2, 0.25) is 0 Å². The lowest BCUT2D eigenvalue weighted by Gasteiger charge is -2.33. The molecule has 1 saturated heterocycles. The molecule has 1 aliphatic rings. The van der Waals surface area contributed by atoms with Crippen molar-refractivity contribution in [2.24, 2.45) is 0 Å². The normalized spacial score (nSPS) is 14.3. The molecule has 0 bridgehead atoms. The summed E-state index contributed by atoms with van der Waals surface area (Å²) in [5.41, 5.74) is 2.54. The van der Waals surface area contributed by atoms with Gasteiger partial charge in [-0.1, -0.05) is 30.3 Å². The molecule has 1 aromatic heterocycles. The second-order valence-electron chi connectivity index (χ2n) is 7.00. The fourth-order valence-corrected chi connectivity index (χ4v) is 3.45. The maximum absolute atomic E-state index is 12.8. The van der Waals surface area contributed by atoms with Crippen LogP contribution in [0, 0.1) is 0 Å². The molecule has 2 heterocycles. The Labute approximate surface area is 163 Å². The third kappa shape index (κ3) is 3.86. The SMILES string of the molecule is CC(=O)N1CCN(C(=O)c2cc3ccc(OCc4ccccc4)cc3[nH]2)CC1. The Balaban J connectivity index is 1.44. The topological polar surface area (TPSA) is 65.6 Å². The van der Waals surface area contributed by atoms with Gasteiger partial charge in [0.15, 0.2) is 0 Å². The first-order valence-corrected chi connectivity index (χ1v) is 9.44. The van der Waals surface area contributed by atoms with Gasteiger partial charge in [-0.15, -0.1) is 0 Å². The van der Waals surface area contributed by atoms with Gasteiger partial charge in [-0.2, -0.15) is 0 Å². The van der Waals surface area contributed by atoms with Crippen LogP contribution in [0.5, 0.6) is 5.75 Å². The average molecular weight is 377 g/mol. The molecule has 0 spiro atoms. The van der Waals surface area contributed by atoms with E-state index < -0.39 is 0 Å².